The van der Waals surface area contributed by atoms with Crippen molar-refractivity contribution in [1.82, 2.24) is 8.75 Å². The summed E-state index contributed by atoms with van der Waals surface area (Å²) in [6.07, 6.45) is 1.67. The molecule has 0 aliphatic rings. The fraction of sp³-hybridized carbons (Fsp3) is 0.0909. The van der Waals surface area contributed by atoms with Gasteiger partial charge in [-0.05, 0) is 30.3 Å². The number of nitrogens with zero attached hydrogens (tertiary/aromatic N) is 2. The monoisotopic (exact) mass is 231 g/mol. The van der Waals surface area contributed by atoms with Crippen molar-refractivity contribution in [2.45, 2.75) is 6.54 Å². The molecule has 1 aromatic carbocycles. The number of aromatic nitrogens is 2. The van der Waals surface area contributed by atoms with Crippen LogP contribution in [0.4, 0.5) is 5.69 Å². The van der Waals surface area contributed by atoms with Gasteiger partial charge in [-0.3, -0.25) is 0 Å². The fourth-order valence-electron chi connectivity index (χ4n) is 1.49. The highest BCUT2D eigenvalue weighted by atomic mass is 32.1. The Hall–Kier alpha value is -1.88. The number of rotatable bonds is 3. The van der Waals surface area contributed by atoms with Crippen LogP contribution in [0.15, 0.2) is 41.0 Å². The Morgan fingerprint density at radius 2 is 2.12 bits per heavy atom. The van der Waals surface area contributed by atoms with Crippen molar-refractivity contribution >= 4 is 28.4 Å². The van der Waals surface area contributed by atoms with E-state index in [4.69, 9.17) is 4.42 Å². The number of fused-ring (bicyclic) bond motifs is 1. The SMILES string of the molecule is c1coc(CNc2ccc3nsnc3c2)c1. The Labute approximate surface area is 96.2 Å². The van der Waals surface area contributed by atoms with Crippen molar-refractivity contribution < 1.29 is 4.42 Å². The largest absolute Gasteiger partial charge is 0.467 e. The maximum Gasteiger partial charge on any atom is 0.122 e. The van der Waals surface area contributed by atoms with E-state index in [2.05, 4.69) is 14.1 Å². The molecule has 1 N–H and O–H groups in total. The minimum Gasteiger partial charge on any atom is -0.467 e. The molecular weight excluding hydrogens is 222 g/mol. The topological polar surface area (TPSA) is 51.0 Å². The second-order valence-electron chi connectivity index (χ2n) is 3.40. The zero-order valence-corrected chi connectivity index (χ0v) is 9.20. The zero-order valence-electron chi connectivity index (χ0n) is 8.38. The van der Waals surface area contributed by atoms with Crippen LogP contribution in [0.1, 0.15) is 5.76 Å². The number of furan rings is 1. The van der Waals surface area contributed by atoms with Gasteiger partial charge in [0.25, 0.3) is 0 Å². The molecule has 0 bridgehead atoms. The summed E-state index contributed by atoms with van der Waals surface area (Å²) in [5.41, 5.74) is 2.89. The average Bonchev–Trinajstić information content (AvgIpc) is 2.97. The summed E-state index contributed by atoms with van der Waals surface area (Å²) in [6, 6.07) is 9.76. The molecule has 5 heteroatoms. The molecule has 3 rings (SSSR count). The Morgan fingerprint density at radius 3 is 3.00 bits per heavy atom. The molecule has 0 amide bonds. The van der Waals surface area contributed by atoms with E-state index in [1.807, 2.05) is 30.3 Å². The summed E-state index contributed by atoms with van der Waals surface area (Å²) in [4.78, 5) is 0. The zero-order chi connectivity index (χ0) is 10.8. The van der Waals surface area contributed by atoms with Crippen molar-refractivity contribution in [2.75, 3.05) is 5.32 Å². The molecule has 3 aromatic rings. The third-order valence-electron chi connectivity index (χ3n) is 2.30. The van der Waals surface area contributed by atoms with Gasteiger partial charge >= 0.3 is 0 Å². The minimum absolute atomic E-state index is 0.677. The first-order valence-electron chi connectivity index (χ1n) is 4.90. The van der Waals surface area contributed by atoms with E-state index < -0.39 is 0 Å². The normalized spacial score (nSPS) is 10.8. The molecule has 0 spiro atoms. The third-order valence-corrected chi connectivity index (χ3v) is 2.86. The Bertz CT molecular complexity index is 588. The summed E-state index contributed by atoms with van der Waals surface area (Å²) < 4.78 is 13.6. The first-order chi connectivity index (χ1) is 7.92. The van der Waals surface area contributed by atoms with Crippen LogP contribution in [0.3, 0.4) is 0 Å². The highest BCUT2D eigenvalue weighted by Gasteiger charge is 2.00. The highest BCUT2D eigenvalue weighted by Crippen LogP contribution is 2.17. The molecule has 0 aliphatic carbocycles. The van der Waals surface area contributed by atoms with E-state index in [1.165, 1.54) is 11.7 Å². The van der Waals surface area contributed by atoms with Crippen molar-refractivity contribution in [3.63, 3.8) is 0 Å². The van der Waals surface area contributed by atoms with Crippen LogP contribution in [0.2, 0.25) is 0 Å². The van der Waals surface area contributed by atoms with Gasteiger partial charge in [-0.2, -0.15) is 8.75 Å². The lowest BCUT2D eigenvalue weighted by Crippen LogP contribution is -1.97. The van der Waals surface area contributed by atoms with E-state index in [-0.39, 0.29) is 0 Å². The van der Waals surface area contributed by atoms with Gasteiger partial charge in [0.15, 0.2) is 0 Å². The maximum atomic E-state index is 5.24. The van der Waals surface area contributed by atoms with Crippen molar-refractivity contribution in [3.8, 4) is 0 Å². The second kappa shape index (κ2) is 3.94. The summed E-state index contributed by atoms with van der Waals surface area (Å²) in [7, 11) is 0. The molecule has 0 radical (unpaired) electrons. The van der Waals surface area contributed by atoms with Crippen LogP contribution >= 0.6 is 11.7 Å². The molecule has 16 heavy (non-hydrogen) atoms. The maximum absolute atomic E-state index is 5.24. The standard InChI is InChI=1S/C11H9N3OS/c1-2-9(15-5-1)7-12-8-3-4-10-11(6-8)14-16-13-10/h1-6,12H,7H2. The number of anilines is 1. The molecule has 0 atom stereocenters. The predicted octanol–water partition coefficient (Wildman–Crippen LogP) is 2.90. The van der Waals surface area contributed by atoms with E-state index in [9.17, 15) is 0 Å². The molecule has 2 heterocycles. The summed E-state index contributed by atoms with van der Waals surface area (Å²) >= 11 is 1.23. The van der Waals surface area contributed by atoms with Gasteiger partial charge in [0.05, 0.1) is 24.5 Å². The van der Waals surface area contributed by atoms with Gasteiger partial charge in [0.1, 0.15) is 16.8 Å². The molecule has 0 saturated carbocycles. The fourth-order valence-corrected chi connectivity index (χ4v) is 2.01. The quantitative estimate of drug-likeness (QED) is 0.753. The lowest BCUT2D eigenvalue weighted by atomic mass is 10.2. The molecule has 0 unspecified atom stereocenters. The molecule has 4 nitrogen and oxygen atoms in total. The Kier molecular flexibility index (Phi) is 2.30. The lowest BCUT2D eigenvalue weighted by molar-refractivity contribution is 0.518. The van der Waals surface area contributed by atoms with Crippen LogP contribution in [-0.2, 0) is 6.54 Å². The van der Waals surface area contributed by atoms with E-state index in [0.717, 1.165) is 22.5 Å². The molecule has 0 fully saturated rings. The number of hydrogen-bond donors (Lipinski definition) is 1. The Balaban J connectivity index is 1.78. The van der Waals surface area contributed by atoms with E-state index in [1.54, 1.807) is 6.26 Å². The second-order valence-corrected chi connectivity index (χ2v) is 3.93. The minimum atomic E-state index is 0.677. The van der Waals surface area contributed by atoms with Gasteiger partial charge in [0.2, 0.25) is 0 Å². The molecule has 2 aromatic heterocycles. The van der Waals surface area contributed by atoms with Gasteiger partial charge < -0.3 is 9.73 Å². The molecular formula is C11H9N3OS. The van der Waals surface area contributed by atoms with Gasteiger partial charge in [-0.15, -0.1) is 0 Å². The average molecular weight is 231 g/mol. The van der Waals surface area contributed by atoms with Crippen LogP contribution in [0.25, 0.3) is 11.0 Å². The highest BCUT2D eigenvalue weighted by molar-refractivity contribution is 7.00. The summed E-state index contributed by atoms with van der Waals surface area (Å²) in [5.74, 6) is 0.913. The molecule has 80 valence electrons. The van der Waals surface area contributed by atoms with Crippen LogP contribution in [0.5, 0.6) is 0 Å². The smallest absolute Gasteiger partial charge is 0.122 e. The van der Waals surface area contributed by atoms with Gasteiger partial charge in [0, 0.05) is 5.69 Å². The molecule has 0 saturated heterocycles. The number of nitrogens with one attached hydrogen (secondary N) is 1. The van der Waals surface area contributed by atoms with Crippen molar-refractivity contribution in [3.05, 3.63) is 42.4 Å². The van der Waals surface area contributed by atoms with Crippen LogP contribution in [-0.4, -0.2) is 8.75 Å². The lowest BCUT2D eigenvalue weighted by Gasteiger charge is -2.03. The van der Waals surface area contributed by atoms with Gasteiger partial charge in [-0.25, -0.2) is 0 Å². The number of benzene rings is 1. The van der Waals surface area contributed by atoms with Crippen molar-refractivity contribution in [2.24, 2.45) is 0 Å². The molecule has 0 aliphatic heterocycles. The first kappa shape index (κ1) is 9.35. The van der Waals surface area contributed by atoms with Crippen LogP contribution in [0, 0.1) is 0 Å². The summed E-state index contributed by atoms with van der Waals surface area (Å²) in [5, 5.41) is 3.27. The van der Waals surface area contributed by atoms with Crippen LogP contribution < -0.4 is 5.32 Å². The number of hydrogen-bond acceptors (Lipinski definition) is 5. The van der Waals surface area contributed by atoms with E-state index in [0.29, 0.717) is 6.54 Å². The van der Waals surface area contributed by atoms with Gasteiger partial charge in [-0.1, -0.05) is 0 Å². The first-order valence-corrected chi connectivity index (χ1v) is 5.63. The predicted molar refractivity (Wildman–Crippen MR) is 63.4 cm³/mol. The summed E-state index contributed by atoms with van der Waals surface area (Å²) in [6.45, 7) is 0.677. The van der Waals surface area contributed by atoms with E-state index >= 15 is 0 Å². The third kappa shape index (κ3) is 1.77. The Morgan fingerprint density at radius 1 is 1.19 bits per heavy atom. The van der Waals surface area contributed by atoms with Crippen molar-refractivity contribution in [1.29, 1.82) is 0 Å².